The minimum Gasteiger partial charge on any atom is -0.269 e. The van der Waals surface area contributed by atoms with Crippen LogP contribution in [0.4, 0.5) is 0 Å². The van der Waals surface area contributed by atoms with Crippen molar-refractivity contribution in [3.05, 3.63) is 17.5 Å². The van der Waals surface area contributed by atoms with Crippen LogP contribution in [0.3, 0.4) is 0 Å². The molecule has 0 saturated carbocycles. The molecule has 0 aromatic carbocycles. The van der Waals surface area contributed by atoms with Gasteiger partial charge < -0.3 is 0 Å². The lowest BCUT2D eigenvalue weighted by molar-refractivity contribution is 0.553. The molecular formula is C12H22N2. The zero-order valence-electron chi connectivity index (χ0n) is 10.1. The molecule has 1 heterocycles. The van der Waals surface area contributed by atoms with Gasteiger partial charge in [-0.2, -0.15) is 5.10 Å². The summed E-state index contributed by atoms with van der Waals surface area (Å²) in [5.41, 5.74) is 3.02. The highest BCUT2D eigenvalue weighted by molar-refractivity contribution is 5.25. The number of nitrogens with zero attached hydrogens (tertiary/aromatic N) is 2. The average molecular weight is 194 g/mol. The Morgan fingerprint density at radius 2 is 1.93 bits per heavy atom. The van der Waals surface area contributed by atoms with Gasteiger partial charge in [-0.25, -0.2) is 0 Å². The van der Waals surface area contributed by atoms with Gasteiger partial charge in [0.2, 0.25) is 0 Å². The minimum absolute atomic E-state index is 0.220. The fourth-order valence-corrected chi connectivity index (χ4v) is 1.81. The van der Waals surface area contributed by atoms with Crippen molar-refractivity contribution in [2.24, 2.45) is 0 Å². The van der Waals surface area contributed by atoms with Crippen LogP contribution in [0.5, 0.6) is 0 Å². The lowest BCUT2D eigenvalue weighted by Crippen LogP contribution is -2.14. The van der Waals surface area contributed by atoms with Gasteiger partial charge in [0.05, 0.1) is 6.20 Å². The first-order valence-electron chi connectivity index (χ1n) is 5.55. The maximum absolute atomic E-state index is 4.46. The Morgan fingerprint density at radius 3 is 2.36 bits per heavy atom. The van der Waals surface area contributed by atoms with Crippen molar-refractivity contribution >= 4 is 0 Å². The summed E-state index contributed by atoms with van der Waals surface area (Å²) in [5, 5.41) is 4.46. The van der Waals surface area contributed by atoms with Crippen LogP contribution in [0.15, 0.2) is 6.20 Å². The van der Waals surface area contributed by atoms with E-state index in [4.69, 9.17) is 0 Å². The molecule has 0 aliphatic carbocycles. The van der Waals surface area contributed by atoms with E-state index < -0.39 is 0 Å². The smallest absolute Gasteiger partial charge is 0.0530 e. The molecule has 0 amide bonds. The van der Waals surface area contributed by atoms with Gasteiger partial charge in [-0.15, -0.1) is 0 Å². The molecule has 1 aromatic rings. The minimum atomic E-state index is 0.220. The monoisotopic (exact) mass is 194 g/mol. The third kappa shape index (κ3) is 2.17. The van der Waals surface area contributed by atoms with E-state index in [9.17, 15) is 0 Å². The van der Waals surface area contributed by atoms with E-state index in [-0.39, 0.29) is 5.41 Å². The molecule has 0 fully saturated rings. The second kappa shape index (κ2) is 4.16. The van der Waals surface area contributed by atoms with Crippen LogP contribution >= 0.6 is 0 Å². The Labute approximate surface area is 87.3 Å². The fourth-order valence-electron chi connectivity index (χ4n) is 1.81. The molecular weight excluding hydrogens is 172 g/mol. The van der Waals surface area contributed by atoms with E-state index in [1.165, 1.54) is 11.3 Å². The molecule has 80 valence electrons. The predicted octanol–water partition coefficient (Wildman–Crippen LogP) is 3.15. The number of aromatic nitrogens is 2. The standard InChI is InChI=1S/C12H22N2/c1-6-8-14-11(7-2)10(9-13-14)12(3,4)5/h9H,6-8H2,1-5H3. The topological polar surface area (TPSA) is 17.8 Å². The van der Waals surface area contributed by atoms with Gasteiger partial charge in [-0.05, 0) is 23.8 Å². The third-order valence-corrected chi connectivity index (χ3v) is 2.53. The van der Waals surface area contributed by atoms with E-state index in [1.54, 1.807) is 0 Å². The zero-order valence-corrected chi connectivity index (χ0v) is 10.1. The first kappa shape index (κ1) is 11.3. The van der Waals surface area contributed by atoms with Crippen molar-refractivity contribution in [2.45, 2.75) is 59.4 Å². The van der Waals surface area contributed by atoms with Gasteiger partial charge in [0.25, 0.3) is 0 Å². The van der Waals surface area contributed by atoms with Crippen molar-refractivity contribution in [3.8, 4) is 0 Å². The van der Waals surface area contributed by atoms with E-state index in [0.717, 1.165) is 19.4 Å². The quantitative estimate of drug-likeness (QED) is 0.722. The van der Waals surface area contributed by atoms with E-state index in [1.807, 2.05) is 6.20 Å². The van der Waals surface area contributed by atoms with Crippen molar-refractivity contribution in [1.82, 2.24) is 9.78 Å². The van der Waals surface area contributed by atoms with Crippen LogP contribution in [0.1, 0.15) is 52.3 Å². The van der Waals surface area contributed by atoms with Crippen LogP contribution in [-0.2, 0) is 18.4 Å². The summed E-state index contributed by atoms with van der Waals surface area (Å²) in [6.07, 6.45) is 4.26. The van der Waals surface area contributed by atoms with Gasteiger partial charge in [0.15, 0.2) is 0 Å². The summed E-state index contributed by atoms with van der Waals surface area (Å²) in [4.78, 5) is 0. The van der Waals surface area contributed by atoms with Crippen molar-refractivity contribution in [3.63, 3.8) is 0 Å². The second-order valence-corrected chi connectivity index (χ2v) is 4.83. The summed E-state index contributed by atoms with van der Waals surface area (Å²) < 4.78 is 2.15. The van der Waals surface area contributed by atoms with Crippen molar-refractivity contribution < 1.29 is 0 Å². The SMILES string of the molecule is CCCn1ncc(C(C)(C)C)c1CC. The molecule has 0 unspecified atom stereocenters. The zero-order chi connectivity index (χ0) is 10.8. The highest BCUT2D eigenvalue weighted by Crippen LogP contribution is 2.26. The Balaban J connectivity index is 3.07. The van der Waals surface area contributed by atoms with E-state index in [0.29, 0.717) is 0 Å². The molecule has 0 atom stereocenters. The fraction of sp³-hybridized carbons (Fsp3) is 0.750. The van der Waals surface area contributed by atoms with E-state index >= 15 is 0 Å². The Kier molecular flexibility index (Phi) is 3.35. The van der Waals surface area contributed by atoms with Crippen molar-refractivity contribution in [2.75, 3.05) is 0 Å². The molecule has 1 rings (SSSR count). The summed E-state index contributed by atoms with van der Waals surface area (Å²) in [6, 6.07) is 0. The lowest BCUT2D eigenvalue weighted by Gasteiger charge is -2.19. The number of hydrogen-bond acceptors (Lipinski definition) is 1. The Bertz CT molecular complexity index is 292. The van der Waals surface area contributed by atoms with Gasteiger partial charge in [-0.1, -0.05) is 34.6 Å². The molecule has 2 heteroatoms. The average Bonchev–Trinajstić information content (AvgIpc) is 2.47. The largest absolute Gasteiger partial charge is 0.269 e. The molecule has 1 aromatic heterocycles. The first-order chi connectivity index (χ1) is 6.50. The van der Waals surface area contributed by atoms with Crippen LogP contribution < -0.4 is 0 Å². The lowest BCUT2D eigenvalue weighted by atomic mass is 9.87. The molecule has 14 heavy (non-hydrogen) atoms. The predicted molar refractivity (Wildman–Crippen MR) is 60.6 cm³/mol. The molecule has 0 spiro atoms. The van der Waals surface area contributed by atoms with Gasteiger partial charge in [-0.3, -0.25) is 4.68 Å². The molecule has 0 aliphatic heterocycles. The van der Waals surface area contributed by atoms with Gasteiger partial charge >= 0.3 is 0 Å². The molecule has 2 nitrogen and oxygen atoms in total. The van der Waals surface area contributed by atoms with Gasteiger partial charge in [0.1, 0.15) is 0 Å². The van der Waals surface area contributed by atoms with Gasteiger partial charge in [0, 0.05) is 12.2 Å². The number of hydrogen-bond donors (Lipinski definition) is 0. The Hall–Kier alpha value is -0.790. The maximum Gasteiger partial charge on any atom is 0.0530 e. The highest BCUT2D eigenvalue weighted by Gasteiger charge is 2.20. The molecule has 0 radical (unpaired) electrons. The molecule has 0 aliphatic rings. The van der Waals surface area contributed by atoms with Crippen molar-refractivity contribution in [1.29, 1.82) is 0 Å². The summed E-state index contributed by atoms with van der Waals surface area (Å²) in [6.45, 7) is 12.2. The summed E-state index contributed by atoms with van der Waals surface area (Å²) >= 11 is 0. The Morgan fingerprint density at radius 1 is 1.29 bits per heavy atom. The third-order valence-electron chi connectivity index (χ3n) is 2.53. The summed E-state index contributed by atoms with van der Waals surface area (Å²) in [7, 11) is 0. The van der Waals surface area contributed by atoms with Crippen LogP contribution in [0.2, 0.25) is 0 Å². The van der Waals surface area contributed by atoms with Crippen LogP contribution in [-0.4, -0.2) is 9.78 Å². The molecule has 0 bridgehead atoms. The van der Waals surface area contributed by atoms with Crippen LogP contribution in [0, 0.1) is 0 Å². The first-order valence-corrected chi connectivity index (χ1v) is 5.55. The van der Waals surface area contributed by atoms with E-state index in [2.05, 4.69) is 44.4 Å². The highest BCUT2D eigenvalue weighted by atomic mass is 15.3. The molecule has 0 saturated heterocycles. The number of rotatable bonds is 3. The maximum atomic E-state index is 4.46. The second-order valence-electron chi connectivity index (χ2n) is 4.83. The number of aryl methyl sites for hydroxylation is 1. The summed E-state index contributed by atoms with van der Waals surface area (Å²) in [5.74, 6) is 0. The molecule has 0 N–H and O–H groups in total. The van der Waals surface area contributed by atoms with Crippen LogP contribution in [0.25, 0.3) is 0 Å². The normalized spacial score (nSPS) is 12.1.